The molecule has 0 spiro atoms. The number of benzene rings is 1. The summed E-state index contributed by atoms with van der Waals surface area (Å²) in [6, 6.07) is 9.11. The molecule has 1 heterocycles. The van der Waals surface area contributed by atoms with Gasteiger partial charge < -0.3 is 20.3 Å². The number of likely N-dealkylation sites (N-methyl/N-ethyl adjacent to an activating group) is 1. The summed E-state index contributed by atoms with van der Waals surface area (Å²) in [5.41, 5.74) is 1.22. The van der Waals surface area contributed by atoms with Crippen LogP contribution in [0.3, 0.4) is 0 Å². The van der Waals surface area contributed by atoms with Crippen LogP contribution in [0.4, 0.5) is 0 Å². The number of nitrogens with one attached hydrogen (secondary N) is 2. The Balaban J connectivity index is 0.00000338. The molecule has 5 nitrogen and oxygen atoms in total. The van der Waals surface area contributed by atoms with Crippen LogP contribution >= 0.6 is 24.0 Å². The Morgan fingerprint density at radius 2 is 1.96 bits per heavy atom. The zero-order chi connectivity index (χ0) is 18.2. The van der Waals surface area contributed by atoms with E-state index in [1.165, 1.54) is 24.9 Å². The van der Waals surface area contributed by atoms with Crippen molar-refractivity contribution in [3.8, 4) is 5.75 Å². The average molecular weight is 474 g/mol. The first-order valence-electron chi connectivity index (χ1n) is 9.39. The van der Waals surface area contributed by atoms with Gasteiger partial charge in [0, 0.05) is 19.6 Å². The number of guanidine groups is 1. The van der Waals surface area contributed by atoms with Gasteiger partial charge in [-0.1, -0.05) is 26.0 Å². The molecule has 0 aromatic heterocycles. The third-order valence-corrected chi connectivity index (χ3v) is 4.72. The number of ether oxygens (including phenoxy) is 1. The predicted molar refractivity (Wildman–Crippen MR) is 121 cm³/mol. The van der Waals surface area contributed by atoms with Crippen LogP contribution in [0.25, 0.3) is 0 Å². The topological polar surface area (TPSA) is 48.9 Å². The quantitative estimate of drug-likeness (QED) is 0.360. The predicted octanol–water partition coefficient (Wildman–Crippen LogP) is 3.66. The Morgan fingerprint density at radius 3 is 2.50 bits per heavy atom. The minimum absolute atomic E-state index is 0. The highest BCUT2D eigenvalue weighted by molar-refractivity contribution is 14.0. The van der Waals surface area contributed by atoms with Crippen molar-refractivity contribution in [2.75, 3.05) is 33.8 Å². The largest absolute Gasteiger partial charge is 0.493 e. The highest BCUT2D eigenvalue weighted by atomic mass is 127. The van der Waals surface area contributed by atoms with Crippen molar-refractivity contribution < 1.29 is 4.74 Å². The van der Waals surface area contributed by atoms with E-state index in [2.05, 4.69) is 60.5 Å². The van der Waals surface area contributed by atoms with Gasteiger partial charge >= 0.3 is 0 Å². The summed E-state index contributed by atoms with van der Waals surface area (Å²) in [4.78, 5) is 6.77. The monoisotopic (exact) mass is 474 g/mol. The summed E-state index contributed by atoms with van der Waals surface area (Å²) in [7, 11) is 4.02. The fourth-order valence-electron chi connectivity index (χ4n) is 3.05. The van der Waals surface area contributed by atoms with E-state index in [1.54, 1.807) is 0 Å². The normalized spacial score (nSPS) is 19.2. The molecule has 0 saturated carbocycles. The van der Waals surface area contributed by atoms with Crippen LogP contribution in [-0.4, -0.2) is 50.7 Å². The molecule has 0 aliphatic carbocycles. The molecule has 1 aromatic carbocycles. The molecule has 2 N–H and O–H groups in total. The molecule has 6 heteroatoms. The first kappa shape index (κ1) is 23.0. The Kier molecular flexibility index (Phi) is 10.3. The van der Waals surface area contributed by atoms with Crippen molar-refractivity contribution in [2.24, 2.45) is 10.9 Å². The smallest absolute Gasteiger partial charge is 0.191 e. The van der Waals surface area contributed by atoms with Crippen LogP contribution in [0, 0.1) is 5.92 Å². The molecule has 26 heavy (non-hydrogen) atoms. The number of hydrogen-bond donors (Lipinski definition) is 2. The van der Waals surface area contributed by atoms with Gasteiger partial charge in [0.2, 0.25) is 0 Å². The molecule has 0 amide bonds. The van der Waals surface area contributed by atoms with E-state index in [-0.39, 0.29) is 30.0 Å². The third-order valence-electron chi connectivity index (χ3n) is 4.72. The van der Waals surface area contributed by atoms with Crippen molar-refractivity contribution in [1.29, 1.82) is 0 Å². The summed E-state index contributed by atoms with van der Waals surface area (Å²) >= 11 is 0. The van der Waals surface area contributed by atoms with Gasteiger partial charge in [0.15, 0.2) is 5.96 Å². The molecule has 1 fully saturated rings. The summed E-state index contributed by atoms with van der Waals surface area (Å²) in [6.07, 6.45) is 2.55. The number of rotatable bonds is 7. The number of likely N-dealkylation sites (tertiary alicyclic amines) is 1. The summed E-state index contributed by atoms with van der Waals surface area (Å²) < 4.78 is 5.75. The van der Waals surface area contributed by atoms with Crippen molar-refractivity contribution in [3.63, 3.8) is 0 Å². The summed E-state index contributed by atoms with van der Waals surface area (Å²) in [5.74, 6) is 2.32. The lowest BCUT2D eigenvalue weighted by atomic mass is 10.1. The maximum absolute atomic E-state index is 5.75. The van der Waals surface area contributed by atoms with Gasteiger partial charge in [-0.15, -0.1) is 24.0 Å². The second-order valence-corrected chi connectivity index (χ2v) is 7.37. The standard InChI is InChI=1S/C20H34N4O.HI/c1-15(2)14-25-19-10-8-17(9-11-19)16(3)23-20(21-4)22-13-18-7-6-12-24(18)5;/h8-11,15-16,18H,6-7,12-14H2,1-5H3,(H2,21,22,23);1H. The van der Waals surface area contributed by atoms with Crippen molar-refractivity contribution in [3.05, 3.63) is 29.8 Å². The van der Waals surface area contributed by atoms with E-state index in [0.29, 0.717) is 12.0 Å². The lowest BCUT2D eigenvalue weighted by molar-refractivity contribution is 0.271. The van der Waals surface area contributed by atoms with Crippen molar-refractivity contribution in [2.45, 2.75) is 45.7 Å². The number of aliphatic imine (C=N–C) groups is 1. The first-order valence-corrected chi connectivity index (χ1v) is 9.39. The minimum Gasteiger partial charge on any atom is -0.493 e. The molecule has 1 saturated heterocycles. The van der Waals surface area contributed by atoms with Gasteiger partial charge in [-0.25, -0.2) is 0 Å². The molecule has 1 aromatic rings. The SMILES string of the molecule is CN=C(NCC1CCCN1C)NC(C)c1ccc(OCC(C)C)cc1.I. The van der Waals surface area contributed by atoms with E-state index >= 15 is 0 Å². The number of nitrogens with zero attached hydrogens (tertiary/aromatic N) is 2. The molecule has 1 aliphatic rings. The van der Waals surface area contributed by atoms with Crippen LogP contribution in [0.5, 0.6) is 5.75 Å². The van der Waals surface area contributed by atoms with E-state index < -0.39 is 0 Å². The summed E-state index contributed by atoms with van der Waals surface area (Å²) in [5, 5.41) is 6.93. The van der Waals surface area contributed by atoms with E-state index in [9.17, 15) is 0 Å². The molecule has 148 valence electrons. The van der Waals surface area contributed by atoms with Gasteiger partial charge in [0.05, 0.1) is 12.6 Å². The van der Waals surface area contributed by atoms with Crippen LogP contribution in [0.15, 0.2) is 29.3 Å². The molecule has 2 unspecified atom stereocenters. The van der Waals surface area contributed by atoms with Gasteiger partial charge in [0.1, 0.15) is 5.75 Å². The highest BCUT2D eigenvalue weighted by Gasteiger charge is 2.20. The van der Waals surface area contributed by atoms with Gasteiger partial charge in [-0.3, -0.25) is 4.99 Å². The Hall–Kier alpha value is -1.02. The van der Waals surface area contributed by atoms with Crippen LogP contribution in [-0.2, 0) is 0 Å². The maximum Gasteiger partial charge on any atom is 0.191 e. The Morgan fingerprint density at radius 1 is 1.27 bits per heavy atom. The molecule has 0 radical (unpaired) electrons. The molecule has 2 rings (SSSR count). The van der Waals surface area contributed by atoms with Gasteiger partial charge in [0.25, 0.3) is 0 Å². The second kappa shape index (κ2) is 11.6. The zero-order valence-electron chi connectivity index (χ0n) is 16.8. The third kappa shape index (κ3) is 7.31. The first-order chi connectivity index (χ1) is 12.0. The average Bonchev–Trinajstić information content (AvgIpc) is 3.02. The van der Waals surface area contributed by atoms with Crippen molar-refractivity contribution >= 4 is 29.9 Å². The molecule has 0 bridgehead atoms. The lowest BCUT2D eigenvalue weighted by Crippen LogP contribution is -2.44. The van der Waals surface area contributed by atoms with Gasteiger partial charge in [-0.05, 0) is 57.0 Å². The maximum atomic E-state index is 5.75. The van der Waals surface area contributed by atoms with Gasteiger partial charge in [-0.2, -0.15) is 0 Å². The molecular weight excluding hydrogens is 439 g/mol. The highest BCUT2D eigenvalue weighted by Crippen LogP contribution is 2.18. The van der Waals surface area contributed by atoms with Crippen molar-refractivity contribution in [1.82, 2.24) is 15.5 Å². The fraction of sp³-hybridized carbons (Fsp3) is 0.650. The number of halogens is 1. The Bertz CT molecular complexity index is 547. The lowest BCUT2D eigenvalue weighted by Gasteiger charge is -2.23. The Labute approximate surface area is 176 Å². The molecule has 2 atom stereocenters. The molecular formula is C20H35IN4O. The second-order valence-electron chi connectivity index (χ2n) is 7.37. The van der Waals surface area contributed by atoms with E-state index in [1.807, 2.05) is 19.2 Å². The fourth-order valence-corrected chi connectivity index (χ4v) is 3.05. The number of hydrogen-bond acceptors (Lipinski definition) is 3. The van der Waals surface area contributed by atoms with E-state index in [0.717, 1.165) is 24.9 Å². The molecule has 1 aliphatic heterocycles. The van der Waals surface area contributed by atoms with Crippen LogP contribution < -0.4 is 15.4 Å². The van der Waals surface area contributed by atoms with Crippen LogP contribution in [0.1, 0.15) is 45.2 Å². The minimum atomic E-state index is 0. The summed E-state index contributed by atoms with van der Waals surface area (Å²) in [6.45, 7) is 9.34. The zero-order valence-corrected chi connectivity index (χ0v) is 19.1. The van der Waals surface area contributed by atoms with E-state index in [4.69, 9.17) is 4.74 Å². The van der Waals surface area contributed by atoms with Crippen LogP contribution in [0.2, 0.25) is 0 Å².